The van der Waals surface area contributed by atoms with Gasteiger partial charge in [-0.2, -0.15) is 5.26 Å². The molecule has 3 heterocycles. The number of aryl methyl sites for hydroxylation is 1. The number of carbonyl (C=O) groups is 3. The second kappa shape index (κ2) is 17.6. The first-order chi connectivity index (χ1) is 25.1. The summed E-state index contributed by atoms with van der Waals surface area (Å²) in [6.45, 7) is 15.5. The van der Waals surface area contributed by atoms with Gasteiger partial charge in [-0.05, 0) is 130 Å². The minimum atomic E-state index is -0.0773. The zero-order valence-corrected chi connectivity index (χ0v) is 32.3. The predicted molar refractivity (Wildman–Crippen MR) is 210 cm³/mol. The van der Waals surface area contributed by atoms with Crippen molar-refractivity contribution in [3.05, 3.63) is 93.0 Å². The summed E-state index contributed by atoms with van der Waals surface area (Å²) in [5.74, 6) is 0.237. The lowest BCUT2D eigenvalue weighted by molar-refractivity contribution is -0.109. The first kappa shape index (κ1) is 39.0. The van der Waals surface area contributed by atoms with Crippen molar-refractivity contribution >= 4 is 41.0 Å². The molecule has 52 heavy (non-hydrogen) atoms. The van der Waals surface area contributed by atoms with Crippen LogP contribution in [0.25, 0.3) is 0 Å². The molecular weight excluding hydrogens is 670 g/mol. The van der Waals surface area contributed by atoms with Gasteiger partial charge in [0.1, 0.15) is 6.07 Å². The molecule has 1 spiro atoms. The molecule has 0 bridgehead atoms. The number of carbonyl (C=O) groups excluding carboxylic acids is 3. The van der Waals surface area contributed by atoms with Crippen LogP contribution in [0.15, 0.2) is 54.6 Å². The molecule has 0 saturated carbocycles. The SMILES string of the molecule is CC.CC(=O)c1cc2c(cc1C(C)=O)CN(CC(CCNC=O)CCc1ccc(N3CCC4(CC3)C[C@H](C)N(c3ccc(C#N)c(Cl)c3)C4)cc1)C2. The van der Waals surface area contributed by atoms with Gasteiger partial charge in [0, 0.05) is 74.4 Å². The van der Waals surface area contributed by atoms with E-state index in [0.29, 0.717) is 45.6 Å². The van der Waals surface area contributed by atoms with Gasteiger partial charge in [0.05, 0.1) is 10.6 Å². The summed E-state index contributed by atoms with van der Waals surface area (Å²) in [4.78, 5) is 42.9. The van der Waals surface area contributed by atoms with Crippen molar-refractivity contribution in [2.24, 2.45) is 11.3 Å². The van der Waals surface area contributed by atoms with Crippen LogP contribution >= 0.6 is 11.6 Å². The fraction of sp³-hybridized carbons (Fsp3) is 0.488. The summed E-state index contributed by atoms with van der Waals surface area (Å²) in [7, 11) is 0. The number of anilines is 2. The Morgan fingerprint density at radius 2 is 1.58 bits per heavy atom. The van der Waals surface area contributed by atoms with Crippen LogP contribution in [0.5, 0.6) is 0 Å². The average molecular weight is 724 g/mol. The lowest BCUT2D eigenvalue weighted by Gasteiger charge is -2.40. The fourth-order valence-corrected chi connectivity index (χ4v) is 8.77. The van der Waals surface area contributed by atoms with E-state index in [-0.39, 0.29) is 11.6 Å². The summed E-state index contributed by atoms with van der Waals surface area (Å²) in [6, 6.07) is 21.3. The molecule has 1 unspecified atom stereocenters. The zero-order chi connectivity index (χ0) is 37.4. The number of nitrogens with zero attached hydrogens (tertiary/aromatic N) is 4. The van der Waals surface area contributed by atoms with E-state index in [1.54, 1.807) is 0 Å². The molecule has 2 saturated heterocycles. The van der Waals surface area contributed by atoms with Gasteiger partial charge >= 0.3 is 0 Å². The highest BCUT2D eigenvalue weighted by Gasteiger charge is 2.44. The number of nitrogens with one attached hydrogen (secondary N) is 1. The Morgan fingerprint density at radius 3 is 2.13 bits per heavy atom. The van der Waals surface area contributed by atoms with Crippen molar-refractivity contribution in [1.29, 1.82) is 5.26 Å². The van der Waals surface area contributed by atoms with Gasteiger partial charge < -0.3 is 15.1 Å². The van der Waals surface area contributed by atoms with Crippen LogP contribution in [0.3, 0.4) is 0 Å². The number of Topliss-reactive ketones (excluding diaryl/α,β-unsaturated/α-hetero) is 2. The van der Waals surface area contributed by atoms with E-state index in [1.165, 1.54) is 31.5 Å². The van der Waals surface area contributed by atoms with E-state index in [9.17, 15) is 19.6 Å². The van der Waals surface area contributed by atoms with Crippen LogP contribution in [0.1, 0.15) is 110 Å². The van der Waals surface area contributed by atoms with Gasteiger partial charge in [-0.15, -0.1) is 0 Å². The number of hydrogen-bond donors (Lipinski definition) is 1. The zero-order valence-electron chi connectivity index (χ0n) is 31.5. The Bertz CT molecular complexity index is 1730. The molecular formula is C43H54ClN5O3. The summed E-state index contributed by atoms with van der Waals surface area (Å²) < 4.78 is 0. The van der Waals surface area contributed by atoms with Crippen LogP contribution in [-0.4, -0.2) is 61.6 Å². The molecule has 3 aromatic rings. The molecule has 0 aliphatic carbocycles. The topological polar surface area (TPSA) is 96.8 Å². The molecule has 0 radical (unpaired) electrons. The van der Waals surface area contributed by atoms with E-state index >= 15 is 0 Å². The number of benzene rings is 3. The molecule has 6 rings (SSSR count). The predicted octanol–water partition coefficient (Wildman–Crippen LogP) is 8.23. The normalized spacial score (nSPS) is 18.3. The minimum absolute atomic E-state index is 0.0773. The molecule has 3 aliphatic rings. The summed E-state index contributed by atoms with van der Waals surface area (Å²) in [5.41, 5.74) is 7.81. The summed E-state index contributed by atoms with van der Waals surface area (Å²) >= 11 is 6.38. The van der Waals surface area contributed by atoms with Gasteiger partial charge in [-0.3, -0.25) is 19.3 Å². The molecule has 8 nitrogen and oxygen atoms in total. The van der Waals surface area contributed by atoms with Gasteiger partial charge in [0.15, 0.2) is 11.6 Å². The van der Waals surface area contributed by atoms with Crippen LogP contribution in [0.4, 0.5) is 11.4 Å². The standard InChI is InChI=1S/C41H48ClN5O3.C2H6/c1-28-21-41(26-47(28)37-11-8-33(22-43)40(42)20-37)13-16-46(17-14-41)36-9-6-31(7-10-36)4-5-32(12-15-44-27-48)23-45-24-34-18-38(29(2)49)39(30(3)50)19-35(34)25-45;1-2/h6-11,18-20,27-28,32H,4-5,12-17,21,23-26H2,1-3H3,(H,44,48);1-2H3/t28-,32?;/m0./s1. The van der Waals surface area contributed by atoms with Gasteiger partial charge in [-0.1, -0.05) is 37.6 Å². The van der Waals surface area contributed by atoms with E-state index in [1.807, 2.05) is 44.2 Å². The van der Waals surface area contributed by atoms with Crippen molar-refractivity contribution in [2.75, 3.05) is 42.5 Å². The lowest BCUT2D eigenvalue weighted by Crippen LogP contribution is -2.41. The van der Waals surface area contributed by atoms with Gasteiger partial charge in [-0.25, -0.2) is 0 Å². The Hall–Kier alpha value is -4.19. The first-order valence-electron chi connectivity index (χ1n) is 19.0. The third kappa shape index (κ3) is 9.05. The van der Waals surface area contributed by atoms with Crippen molar-refractivity contribution in [3.8, 4) is 6.07 Å². The first-order valence-corrected chi connectivity index (χ1v) is 19.3. The lowest BCUT2D eigenvalue weighted by atomic mass is 9.76. The van der Waals surface area contributed by atoms with Gasteiger partial charge in [0.2, 0.25) is 6.41 Å². The second-order valence-electron chi connectivity index (χ2n) is 14.8. The average Bonchev–Trinajstić information content (AvgIpc) is 3.70. The number of nitriles is 1. The number of piperidine rings is 1. The number of fused-ring (bicyclic) bond motifs is 1. The fourth-order valence-electron chi connectivity index (χ4n) is 8.55. The third-order valence-corrected chi connectivity index (χ3v) is 11.6. The van der Waals surface area contributed by atoms with E-state index in [2.05, 4.69) is 57.3 Å². The van der Waals surface area contributed by atoms with Crippen molar-refractivity contribution in [2.45, 2.75) is 92.3 Å². The highest BCUT2D eigenvalue weighted by atomic mass is 35.5. The maximum atomic E-state index is 12.2. The molecule has 9 heteroatoms. The Labute approximate surface area is 315 Å². The smallest absolute Gasteiger partial charge is 0.207 e. The third-order valence-electron chi connectivity index (χ3n) is 11.3. The van der Waals surface area contributed by atoms with Crippen LogP contribution in [0.2, 0.25) is 5.02 Å². The van der Waals surface area contributed by atoms with Gasteiger partial charge in [0.25, 0.3) is 0 Å². The maximum Gasteiger partial charge on any atom is 0.207 e. The molecule has 2 fully saturated rings. The number of ketones is 2. The van der Waals surface area contributed by atoms with Crippen molar-refractivity contribution < 1.29 is 14.4 Å². The molecule has 0 aromatic heterocycles. The van der Waals surface area contributed by atoms with Crippen LogP contribution < -0.4 is 15.1 Å². The summed E-state index contributed by atoms with van der Waals surface area (Å²) in [6.07, 6.45) is 7.12. The second-order valence-corrected chi connectivity index (χ2v) is 15.2. The monoisotopic (exact) mass is 723 g/mol. The quantitative estimate of drug-likeness (QED) is 0.108. The van der Waals surface area contributed by atoms with E-state index in [4.69, 9.17) is 11.6 Å². The molecule has 276 valence electrons. The Morgan fingerprint density at radius 1 is 0.962 bits per heavy atom. The number of amides is 1. The summed E-state index contributed by atoms with van der Waals surface area (Å²) in [5, 5.41) is 12.6. The molecule has 3 aliphatic heterocycles. The molecule has 1 amide bonds. The number of hydrogen-bond acceptors (Lipinski definition) is 7. The number of halogens is 1. The maximum absolute atomic E-state index is 12.2. The Kier molecular flexibility index (Phi) is 13.2. The Balaban J connectivity index is 0.00000257. The molecule has 3 aromatic carbocycles. The van der Waals surface area contributed by atoms with Crippen LogP contribution in [0, 0.1) is 22.7 Å². The van der Waals surface area contributed by atoms with E-state index < -0.39 is 0 Å². The highest BCUT2D eigenvalue weighted by molar-refractivity contribution is 6.32. The van der Waals surface area contributed by atoms with E-state index in [0.717, 1.165) is 94.6 Å². The largest absolute Gasteiger partial charge is 0.371 e. The van der Waals surface area contributed by atoms with Crippen molar-refractivity contribution in [1.82, 2.24) is 10.2 Å². The molecule has 1 N–H and O–H groups in total. The van der Waals surface area contributed by atoms with Crippen molar-refractivity contribution in [3.63, 3.8) is 0 Å². The highest BCUT2D eigenvalue weighted by Crippen LogP contribution is 2.46. The molecule has 2 atom stereocenters. The minimum Gasteiger partial charge on any atom is -0.371 e. The van der Waals surface area contributed by atoms with Crippen LogP contribution in [-0.2, 0) is 24.3 Å². The number of rotatable bonds is 13.